The van der Waals surface area contributed by atoms with Crippen LogP contribution in [0.3, 0.4) is 0 Å². The summed E-state index contributed by atoms with van der Waals surface area (Å²) < 4.78 is 6.84. The lowest BCUT2D eigenvalue weighted by atomic mass is 9.47. The largest absolute Gasteiger partial charge is 0.414 e. The molecule has 0 aliphatic heterocycles. The summed E-state index contributed by atoms with van der Waals surface area (Å²) in [5.74, 6) is 1.74. The Kier molecular flexibility index (Phi) is 4.55. The zero-order valence-corrected chi connectivity index (χ0v) is 19.2. The first-order valence-electron chi connectivity index (χ1n) is 10.8. The number of Topliss-reactive ketones (excluding diaryl/α,β-unsaturated/α-hetero) is 1. The van der Waals surface area contributed by atoms with Gasteiger partial charge in [-0.1, -0.05) is 31.6 Å². The molecule has 0 aromatic rings. The number of hydrogen-bond acceptors (Lipinski definition) is 3. The molecule has 0 aromatic heterocycles. The minimum Gasteiger partial charge on any atom is -0.414 e. The second kappa shape index (κ2) is 6.37. The summed E-state index contributed by atoms with van der Waals surface area (Å²) >= 11 is 0. The molecule has 3 nitrogen and oxygen atoms in total. The third-order valence-corrected chi connectivity index (χ3v) is 8.95. The molecule has 4 aliphatic rings. The lowest BCUT2D eigenvalue weighted by molar-refractivity contribution is -0.119. The molecule has 1 unspecified atom stereocenters. The van der Waals surface area contributed by atoms with Gasteiger partial charge in [0.05, 0.1) is 6.10 Å². The van der Waals surface area contributed by atoms with Gasteiger partial charge in [0.2, 0.25) is 0 Å². The normalized spacial score (nSPS) is 42.3. The van der Waals surface area contributed by atoms with Crippen molar-refractivity contribution in [3.05, 3.63) is 35.5 Å². The van der Waals surface area contributed by atoms with Gasteiger partial charge in [-0.15, -0.1) is 0 Å². The first-order chi connectivity index (χ1) is 13.0. The first kappa shape index (κ1) is 20.0. The van der Waals surface area contributed by atoms with Gasteiger partial charge in [0.1, 0.15) is 0 Å². The predicted molar refractivity (Wildman–Crippen MR) is 114 cm³/mol. The third kappa shape index (κ3) is 2.95. The van der Waals surface area contributed by atoms with Crippen LogP contribution >= 0.6 is 0 Å². The Morgan fingerprint density at radius 2 is 1.96 bits per heavy atom. The number of carbonyl (C=O) groups is 2. The molecule has 4 aliphatic carbocycles. The molecule has 0 spiro atoms. The van der Waals surface area contributed by atoms with Crippen LogP contribution in [0.15, 0.2) is 35.5 Å². The van der Waals surface area contributed by atoms with E-state index in [4.69, 9.17) is 4.43 Å². The van der Waals surface area contributed by atoms with E-state index in [1.165, 1.54) is 5.57 Å². The lowest BCUT2D eigenvalue weighted by Gasteiger charge is -2.60. The standard InChI is InChI=1S/C24H34O3Si/c1-15(25)19-9-10-20-18-8-7-16-13-17(26)11-12-23(16,2)22(18)21(14-24(19,20)3)27-28(4,5)6/h9,11-13,18,20-22H,7-8,10,14H2,1-6H3/t18-,20-,21?,22+,23-,24+/m0/s1. The molecule has 6 atom stereocenters. The zero-order chi connectivity index (χ0) is 20.5. The fourth-order valence-corrected chi connectivity index (χ4v) is 8.11. The number of hydrogen-bond donors (Lipinski definition) is 0. The van der Waals surface area contributed by atoms with E-state index < -0.39 is 8.32 Å². The molecule has 4 heteroatoms. The Labute approximate surface area is 170 Å². The zero-order valence-electron chi connectivity index (χ0n) is 18.2. The minimum atomic E-state index is -1.76. The van der Waals surface area contributed by atoms with E-state index in [0.717, 1.165) is 31.3 Å². The van der Waals surface area contributed by atoms with E-state index >= 15 is 0 Å². The number of allylic oxidation sites excluding steroid dienone is 6. The Balaban J connectivity index is 1.80. The number of rotatable bonds is 3. The SMILES string of the molecule is CC(=O)C1=CC[C@H]2[C@@H]3CCC4=CC(=O)C=C[C@]4(C)[C@H]3C(O[Si](C)(C)C)C[C@]12C. The van der Waals surface area contributed by atoms with Crippen molar-refractivity contribution in [1.29, 1.82) is 0 Å². The van der Waals surface area contributed by atoms with Gasteiger partial charge in [-0.05, 0) is 87.7 Å². The van der Waals surface area contributed by atoms with E-state index in [2.05, 4.69) is 45.6 Å². The molecule has 0 radical (unpaired) electrons. The van der Waals surface area contributed by atoms with Crippen molar-refractivity contribution < 1.29 is 14.0 Å². The molecular formula is C24H34O3Si. The summed E-state index contributed by atoms with van der Waals surface area (Å²) in [5.41, 5.74) is 2.12. The van der Waals surface area contributed by atoms with Gasteiger partial charge >= 0.3 is 0 Å². The Morgan fingerprint density at radius 1 is 1.25 bits per heavy atom. The van der Waals surface area contributed by atoms with Gasteiger partial charge in [-0.25, -0.2) is 0 Å². The smallest absolute Gasteiger partial charge is 0.184 e. The summed E-state index contributed by atoms with van der Waals surface area (Å²) in [6.07, 6.45) is 12.2. The van der Waals surface area contributed by atoms with Crippen LogP contribution in [0.2, 0.25) is 19.6 Å². The summed E-state index contributed by atoms with van der Waals surface area (Å²) in [5, 5.41) is 0. The highest BCUT2D eigenvalue weighted by Gasteiger charge is 2.61. The van der Waals surface area contributed by atoms with Crippen molar-refractivity contribution in [2.75, 3.05) is 0 Å². The van der Waals surface area contributed by atoms with Crippen LogP contribution in [0, 0.1) is 28.6 Å². The van der Waals surface area contributed by atoms with Crippen LogP contribution < -0.4 is 0 Å². The molecule has 28 heavy (non-hydrogen) atoms. The molecule has 2 fully saturated rings. The van der Waals surface area contributed by atoms with Gasteiger partial charge < -0.3 is 4.43 Å². The summed E-state index contributed by atoms with van der Waals surface area (Å²) in [6.45, 7) is 13.1. The average molecular weight is 399 g/mol. The van der Waals surface area contributed by atoms with E-state index in [-0.39, 0.29) is 28.5 Å². The fraction of sp³-hybridized carbons (Fsp3) is 0.667. The maximum Gasteiger partial charge on any atom is 0.184 e. The van der Waals surface area contributed by atoms with Gasteiger partial charge in [0.15, 0.2) is 19.9 Å². The molecule has 152 valence electrons. The molecule has 0 saturated heterocycles. The van der Waals surface area contributed by atoms with Crippen molar-refractivity contribution >= 4 is 19.9 Å². The Hall–Kier alpha value is -1.26. The first-order valence-corrected chi connectivity index (χ1v) is 14.2. The second-order valence-corrected chi connectivity index (χ2v) is 15.3. The maximum absolute atomic E-state index is 12.4. The quantitative estimate of drug-likeness (QED) is 0.610. The molecule has 0 N–H and O–H groups in total. The van der Waals surface area contributed by atoms with Gasteiger partial charge in [-0.3, -0.25) is 9.59 Å². The number of carbonyl (C=O) groups excluding carboxylic acids is 2. The minimum absolute atomic E-state index is 0.0803. The fourth-order valence-electron chi connectivity index (χ4n) is 6.97. The van der Waals surface area contributed by atoms with Crippen molar-refractivity contribution in [3.63, 3.8) is 0 Å². The Bertz CT molecular complexity index is 814. The van der Waals surface area contributed by atoms with Crippen LogP contribution in [-0.4, -0.2) is 26.0 Å². The van der Waals surface area contributed by atoms with Crippen molar-refractivity contribution in [2.45, 2.75) is 72.2 Å². The van der Waals surface area contributed by atoms with E-state index in [9.17, 15) is 9.59 Å². The van der Waals surface area contributed by atoms with Gasteiger partial charge in [0.25, 0.3) is 0 Å². The Morgan fingerprint density at radius 3 is 2.61 bits per heavy atom. The van der Waals surface area contributed by atoms with E-state index in [1.54, 1.807) is 13.0 Å². The third-order valence-electron chi connectivity index (χ3n) is 7.94. The summed E-state index contributed by atoms with van der Waals surface area (Å²) in [7, 11) is -1.76. The highest BCUT2D eigenvalue weighted by Crippen LogP contribution is 2.65. The number of fused-ring (bicyclic) bond motifs is 5. The summed E-state index contributed by atoms with van der Waals surface area (Å²) in [6, 6.07) is 0. The van der Waals surface area contributed by atoms with Crippen LogP contribution in [-0.2, 0) is 14.0 Å². The van der Waals surface area contributed by atoms with Crippen LogP contribution in [0.1, 0.15) is 46.5 Å². The lowest BCUT2D eigenvalue weighted by Crippen LogP contribution is -2.58. The van der Waals surface area contributed by atoms with Crippen LogP contribution in [0.5, 0.6) is 0 Å². The maximum atomic E-state index is 12.4. The van der Waals surface area contributed by atoms with E-state index in [0.29, 0.717) is 17.8 Å². The van der Waals surface area contributed by atoms with Crippen LogP contribution in [0.4, 0.5) is 0 Å². The molecule has 0 bridgehead atoms. The average Bonchev–Trinajstić information content (AvgIpc) is 2.90. The van der Waals surface area contributed by atoms with Crippen molar-refractivity contribution in [3.8, 4) is 0 Å². The highest BCUT2D eigenvalue weighted by molar-refractivity contribution is 6.69. The molecule has 0 heterocycles. The van der Waals surface area contributed by atoms with Crippen molar-refractivity contribution in [1.82, 2.24) is 0 Å². The topological polar surface area (TPSA) is 43.4 Å². The molecular weight excluding hydrogens is 364 g/mol. The van der Waals surface area contributed by atoms with Crippen LogP contribution in [0.25, 0.3) is 0 Å². The molecule has 0 aromatic carbocycles. The second-order valence-electron chi connectivity index (χ2n) is 10.8. The van der Waals surface area contributed by atoms with Gasteiger partial charge in [0, 0.05) is 10.8 Å². The predicted octanol–water partition coefficient (Wildman–Crippen LogP) is 5.25. The van der Waals surface area contributed by atoms with Gasteiger partial charge in [-0.2, -0.15) is 0 Å². The monoisotopic (exact) mass is 398 g/mol. The number of ketones is 2. The highest BCUT2D eigenvalue weighted by atomic mass is 28.4. The van der Waals surface area contributed by atoms with Crippen molar-refractivity contribution in [2.24, 2.45) is 28.6 Å². The van der Waals surface area contributed by atoms with E-state index in [1.807, 2.05) is 6.08 Å². The molecule has 2 saturated carbocycles. The molecule has 4 rings (SSSR count). The summed E-state index contributed by atoms with van der Waals surface area (Å²) in [4.78, 5) is 24.5. The molecule has 0 amide bonds.